The van der Waals surface area contributed by atoms with E-state index in [1.165, 1.54) is 17.8 Å². The lowest BCUT2D eigenvalue weighted by Crippen LogP contribution is -2.46. The molecule has 1 unspecified atom stereocenters. The lowest BCUT2D eigenvalue weighted by Gasteiger charge is -2.34. The van der Waals surface area contributed by atoms with Gasteiger partial charge >= 0.3 is 0 Å². The first-order valence-corrected chi connectivity index (χ1v) is 7.21. The Labute approximate surface area is 107 Å². The van der Waals surface area contributed by atoms with E-state index in [0.717, 1.165) is 31.3 Å². The maximum atomic E-state index is 5.86. The Bertz CT molecular complexity index is 342. The molecule has 0 spiro atoms. The quantitative estimate of drug-likeness (QED) is 0.888. The van der Waals surface area contributed by atoms with Gasteiger partial charge in [-0.15, -0.1) is 11.3 Å². The fourth-order valence-electron chi connectivity index (χ4n) is 2.11. The summed E-state index contributed by atoms with van der Waals surface area (Å²) in [6, 6.07) is 0.0997. The van der Waals surface area contributed by atoms with Crippen LogP contribution in [0.25, 0.3) is 0 Å². The molecule has 1 fully saturated rings. The maximum absolute atomic E-state index is 5.86. The number of nitrogens with two attached hydrogens (primary N) is 1. The molecule has 0 radical (unpaired) electrons. The monoisotopic (exact) mass is 254 g/mol. The Balaban J connectivity index is 1.91. The first-order chi connectivity index (χ1) is 8.20. The predicted octanol–water partition coefficient (Wildman–Crippen LogP) is 1.69. The maximum Gasteiger partial charge on any atom is 0.185 e. The number of anilines is 1. The molecule has 2 rings (SSSR count). The topological polar surface area (TPSA) is 45.4 Å². The number of thiazole rings is 1. The first-order valence-electron chi connectivity index (χ1n) is 6.39. The van der Waals surface area contributed by atoms with Gasteiger partial charge in [0.2, 0.25) is 0 Å². The molecule has 2 heterocycles. The second kappa shape index (κ2) is 5.80. The second-order valence-electron chi connectivity index (χ2n) is 4.66. The fourth-order valence-corrected chi connectivity index (χ4v) is 3.03. The minimum absolute atomic E-state index is 0.0997. The van der Waals surface area contributed by atoms with Crippen molar-refractivity contribution in [1.82, 2.24) is 9.88 Å². The Kier molecular flexibility index (Phi) is 4.36. The molecule has 17 heavy (non-hydrogen) atoms. The van der Waals surface area contributed by atoms with Crippen LogP contribution >= 0.6 is 11.3 Å². The second-order valence-corrected chi connectivity index (χ2v) is 5.70. The van der Waals surface area contributed by atoms with Gasteiger partial charge in [0.25, 0.3) is 0 Å². The molecule has 1 aromatic heterocycles. The molecule has 1 aliphatic rings. The largest absolute Gasteiger partial charge is 0.346 e. The number of aromatic nitrogens is 1. The van der Waals surface area contributed by atoms with Gasteiger partial charge in [0.15, 0.2) is 5.13 Å². The number of hydrogen-bond donors (Lipinski definition) is 1. The molecule has 1 atom stereocenters. The van der Waals surface area contributed by atoms with Gasteiger partial charge in [0.05, 0.1) is 0 Å². The molecule has 1 aliphatic heterocycles. The van der Waals surface area contributed by atoms with E-state index >= 15 is 0 Å². The summed E-state index contributed by atoms with van der Waals surface area (Å²) < 4.78 is 0. The van der Waals surface area contributed by atoms with Crippen molar-refractivity contribution in [2.45, 2.75) is 26.3 Å². The summed E-state index contributed by atoms with van der Waals surface area (Å²) in [6.07, 6.45) is 3.16. The molecule has 4 nitrogen and oxygen atoms in total. The number of piperazine rings is 1. The van der Waals surface area contributed by atoms with E-state index in [2.05, 4.69) is 21.7 Å². The zero-order chi connectivity index (χ0) is 12.3. The van der Waals surface area contributed by atoms with Crippen LogP contribution in [-0.2, 0) is 0 Å². The zero-order valence-electron chi connectivity index (χ0n) is 10.7. The van der Waals surface area contributed by atoms with Crippen molar-refractivity contribution in [1.29, 1.82) is 0 Å². The molecule has 0 aliphatic carbocycles. The average molecular weight is 254 g/mol. The molecule has 0 aromatic carbocycles. The molecule has 0 amide bonds. The summed E-state index contributed by atoms with van der Waals surface area (Å²) in [5, 5.41) is 1.13. The van der Waals surface area contributed by atoms with Crippen LogP contribution in [0.3, 0.4) is 0 Å². The summed E-state index contributed by atoms with van der Waals surface area (Å²) in [5.41, 5.74) is 5.86. The molecule has 1 aromatic rings. The molecular weight excluding hydrogens is 232 g/mol. The van der Waals surface area contributed by atoms with Crippen LogP contribution in [-0.4, -0.2) is 42.6 Å². The molecular formula is C12H22N4S. The summed E-state index contributed by atoms with van der Waals surface area (Å²) >= 11 is 1.73. The van der Waals surface area contributed by atoms with E-state index in [1.54, 1.807) is 11.3 Å². The van der Waals surface area contributed by atoms with E-state index in [-0.39, 0.29) is 6.04 Å². The van der Waals surface area contributed by atoms with E-state index < -0.39 is 0 Å². The van der Waals surface area contributed by atoms with Gasteiger partial charge in [-0.05, 0) is 19.9 Å². The third kappa shape index (κ3) is 3.18. The van der Waals surface area contributed by atoms with Crippen molar-refractivity contribution in [3.05, 3.63) is 11.1 Å². The third-order valence-electron chi connectivity index (χ3n) is 3.14. The Hall–Kier alpha value is -0.650. The van der Waals surface area contributed by atoms with E-state index in [0.29, 0.717) is 0 Å². The summed E-state index contributed by atoms with van der Waals surface area (Å²) in [4.78, 5) is 10.6. The van der Waals surface area contributed by atoms with Crippen LogP contribution < -0.4 is 10.6 Å². The average Bonchev–Trinajstić information content (AvgIpc) is 2.80. The van der Waals surface area contributed by atoms with E-state index in [9.17, 15) is 0 Å². The smallest absolute Gasteiger partial charge is 0.185 e. The molecule has 5 heteroatoms. The predicted molar refractivity (Wildman–Crippen MR) is 73.7 cm³/mol. The van der Waals surface area contributed by atoms with Gasteiger partial charge in [0, 0.05) is 43.3 Å². The highest BCUT2D eigenvalue weighted by Crippen LogP contribution is 2.26. The fraction of sp³-hybridized carbons (Fsp3) is 0.750. The van der Waals surface area contributed by atoms with Crippen molar-refractivity contribution in [2.75, 3.05) is 37.6 Å². The molecule has 0 saturated carbocycles. The van der Waals surface area contributed by atoms with Gasteiger partial charge in [0.1, 0.15) is 0 Å². The highest BCUT2D eigenvalue weighted by molar-refractivity contribution is 7.15. The van der Waals surface area contributed by atoms with Crippen molar-refractivity contribution in [3.8, 4) is 0 Å². The van der Waals surface area contributed by atoms with Crippen LogP contribution in [0.4, 0.5) is 5.13 Å². The molecule has 96 valence electrons. The minimum Gasteiger partial charge on any atom is -0.346 e. The Morgan fingerprint density at radius 2 is 2.12 bits per heavy atom. The van der Waals surface area contributed by atoms with Crippen molar-refractivity contribution >= 4 is 16.5 Å². The van der Waals surface area contributed by atoms with Crippen LogP contribution in [0.15, 0.2) is 6.20 Å². The lowest BCUT2D eigenvalue weighted by molar-refractivity contribution is 0.258. The van der Waals surface area contributed by atoms with Crippen LogP contribution in [0.1, 0.15) is 31.2 Å². The van der Waals surface area contributed by atoms with Crippen LogP contribution in [0, 0.1) is 0 Å². The van der Waals surface area contributed by atoms with E-state index in [1.807, 2.05) is 13.1 Å². The number of hydrogen-bond acceptors (Lipinski definition) is 5. The third-order valence-corrected chi connectivity index (χ3v) is 4.40. The van der Waals surface area contributed by atoms with Gasteiger partial charge in [-0.25, -0.2) is 4.98 Å². The van der Waals surface area contributed by atoms with Crippen molar-refractivity contribution in [2.24, 2.45) is 5.73 Å². The highest BCUT2D eigenvalue weighted by Gasteiger charge is 2.19. The van der Waals surface area contributed by atoms with Crippen molar-refractivity contribution in [3.63, 3.8) is 0 Å². The normalized spacial score (nSPS) is 19.6. The standard InChI is InChI=1S/C12H22N4S/c1-3-4-15-5-7-16(8-6-15)12-14-9-11(17-12)10(2)13/h9-10H,3-8,13H2,1-2H3. The Morgan fingerprint density at radius 1 is 1.41 bits per heavy atom. The highest BCUT2D eigenvalue weighted by atomic mass is 32.1. The summed E-state index contributed by atoms with van der Waals surface area (Å²) in [5.74, 6) is 0. The number of rotatable bonds is 4. The summed E-state index contributed by atoms with van der Waals surface area (Å²) in [7, 11) is 0. The first kappa shape index (κ1) is 12.8. The molecule has 2 N–H and O–H groups in total. The SMILES string of the molecule is CCCN1CCN(c2ncc(C(C)N)s2)CC1. The zero-order valence-corrected chi connectivity index (χ0v) is 11.5. The Morgan fingerprint density at radius 3 is 2.65 bits per heavy atom. The van der Waals surface area contributed by atoms with Crippen LogP contribution in [0.5, 0.6) is 0 Å². The van der Waals surface area contributed by atoms with Gasteiger partial charge in [-0.1, -0.05) is 6.92 Å². The van der Waals surface area contributed by atoms with Crippen LogP contribution in [0.2, 0.25) is 0 Å². The minimum atomic E-state index is 0.0997. The van der Waals surface area contributed by atoms with Crippen molar-refractivity contribution < 1.29 is 0 Å². The van der Waals surface area contributed by atoms with Gasteiger partial charge in [-0.3, -0.25) is 4.90 Å². The molecule has 0 bridgehead atoms. The van der Waals surface area contributed by atoms with Gasteiger partial charge < -0.3 is 10.6 Å². The summed E-state index contributed by atoms with van der Waals surface area (Å²) in [6.45, 7) is 9.95. The molecule has 1 saturated heterocycles. The van der Waals surface area contributed by atoms with E-state index in [4.69, 9.17) is 5.73 Å². The number of nitrogens with zero attached hydrogens (tertiary/aromatic N) is 3. The van der Waals surface area contributed by atoms with Gasteiger partial charge in [-0.2, -0.15) is 0 Å². The lowest BCUT2D eigenvalue weighted by atomic mass is 10.3.